The molecule has 11 atom stereocenters. The van der Waals surface area contributed by atoms with Gasteiger partial charge < -0.3 is 49.8 Å². The van der Waals surface area contributed by atoms with Crippen LogP contribution in [0.5, 0.6) is 0 Å². The van der Waals surface area contributed by atoms with E-state index in [0.29, 0.717) is 11.1 Å². The lowest BCUT2D eigenvalue weighted by atomic mass is 9.44. The summed E-state index contributed by atoms with van der Waals surface area (Å²) in [5, 5.41) is 62.9. The Kier molecular flexibility index (Phi) is 11.1. The van der Waals surface area contributed by atoms with Gasteiger partial charge in [0.15, 0.2) is 11.9 Å². The lowest BCUT2D eigenvalue weighted by molar-refractivity contribution is -0.343. The van der Waals surface area contributed by atoms with Gasteiger partial charge in [-0.25, -0.2) is 14.4 Å². The van der Waals surface area contributed by atoms with Crippen LogP contribution in [-0.2, 0) is 35.1 Å². The predicted octanol–water partition coefficient (Wildman–Crippen LogP) is 2.68. The first-order valence-corrected chi connectivity index (χ1v) is 18.7. The maximum absolute atomic E-state index is 14.7. The molecule has 6 N–H and O–H groups in total. The summed E-state index contributed by atoms with van der Waals surface area (Å²) < 4.78 is 23.0. The van der Waals surface area contributed by atoms with Gasteiger partial charge in [-0.3, -0.25) is 4.79 Å². The Hall–Kier alpha value is -4.44. The first-order valence-electron chi connectivity index (χ1n) is 18.7. The summed E-state index contributed by atoms with van der Waals surface area (Å²) in [4.78, 5) is 55.2. The summed E-state index contributed by atoms with van der Waals surface area (Å²) in [5.74, 6) is -4.54. The predicted molar refractivity (Wildman–Crippen MR) is 198 cm³/mol. The van der Waals surface area contributed by atoms with E-state index in [1.807, 2.05) is 6.07 Å². The molecule has 0 aromatic heterocycles. The minimum Gasteiger partial charge on any atom is -0.456 e. The zero-order valence-electron chi connectivity index (χ0n) is 32.3. The van der Waals surface area contributed by atoms with Crippen molar-refractivity contribution in [3.05, 3.63) is 94.6 Å². The van der Waals surface area contributed by atoms with Crippen molar-refractivity contribution >= 4 is 23.8 Å². The van der Waals surface area contributed by atoms with E-state index in [0.717, 1.165) is 0 Å². The smallest absolute Gasteiger partial charge is 0.408 e. The molecule has 1 amide bonds. The van der Waals surface area contributed by atoms with Crippen molar-refractivity contribution < 1.29 is 63.7 Å². The van der Waals surface area contributed by atoms with E-state index in [1.165, 1.54) is 32.1 Å². The number of aliphatic hydroxyl groups excluding tert-OH is 3. The number of amides is 1. The van der Waals surface area contributed by atoms with Crippen LogP contribution < -0.4 is 5.32 Å². The van der Waals surface area contributed by atoms with Crippen LogP contribution in [0.2, 0.25) is 0 Å². The van der Waals surface area contributed by atoms with Crippen LogP contribution in [0, 0.1) is 16.7 Å². The Balaban J connectivity index is 1.38. The van der Waals surface area contributed by atoms with Gasteiger partial charge in [-0.15, -0.1) is 0 Å². The summed E-state index contributed by atoms with van der Waals surface area (Å²) >= 11 is 0. The van der Waals surface area contributed by atoms with Gasteiger partial charge in [0, 0.05) is 24.2 Å². The number of Topliss-reactive ketones (excluding diaryl/α,β-unsaturated/α-hetero) is 1. The highest BCUT2D eigenvalue weighted by molar-refractivity contribution is 5.94. The minimum atomic E-state index is -2.30. The molecule has 3 aliphatic carbocycles. The molecule has 1 saturated heterocycles. The van der Waals surface area contributed by atoms with Crippen LogP contribution in [0.3, 0.4) is 0 Å². The lowest BCUT2D eigenvalue weighted by Crippen LogP contribution is -2.81. The van der Waals surface area contributed by atoms with E-state index in [9.17, 15) is 44.7 Å². The third-order valence-electron chi connectivity index (χ3n) is 12.5. The molecule has 1 unspecified atom stereocenters. The number of alkyl carbamates (subject to hydrolysis) is 1. The Morgan fingerprint density at radius 2 is 1.61 bits per heavy atom. The maximum atomic E-state index is 14.7. The Bertz CT molecular complexity index is 1910. The van der Waals surface area contributed by atoms with Crippen molar-refractivity contribution in [2.75, 3.05) is 6.61 Å². The minimum absolute atomic E-state index is 0.0430. The summed E-state index contributed by atoms with van der Waals surface area (Å²) in [7, 11) is 0. The normalized spacial score (nSPS) is 34.2. The molecule has 302 valence electrons. The van der Waals surface area contributed by atoms with Gasteiger partial charge in [0.25, 0.3) is 0 Å². The molecule has 14 nitrogen and oxygen atoms in total. The number of benzene rings is 2. The summed E-state index contributed by atoms with van der Waals surface area (Å²) in [6.45, 7) is 8.99. The van der Waals surface area contributed by atoms with Crippen molar-refractivity contribution in [1.29, 1.82) is 0 Å². The zero-order chi connectivity index (χ0) is 41.0. The van der Waals surface area contributed by atoms with Gasteiger partial charge in [0.2, 0.25) is 0 Å². The quantitative estimate of drug-likeness (QED) is 0.123. The van der Waals surface area contributed by atoms with Gasteiger partial charge in [0.1, 0.15) is 36.1 Å². The van der Waals surface area contributed by atoms with Gasteiger partial charge in [-0.1, -0.05) is 74.0 Å². The number of fused-ring (bicyclic) bond motifs is 5. The Labute approximate surface area is 325 Å². The number of ketones is 1. The first kappa shape index (κ1) is 41.2. The van der Waals surface area contributed by atoms with E-state index >= 15 is 0 Å². The van der Waals surface area contributed by atoms with Crippen molar-refractivity contribution in [2.24, 2.45) is 16.7 Å². The second-order valence-corrected chi connectivity index (χ2v) is 16.5. The van der Waals surface area contributed by atoms with Crippen LogP contribution in [0.4, 0.5) is 4.79 Å². The van der Waals surface area contributed by atoms with Gasteiger partial charge in [-0.2, -0.15) is 0 Å². The number of allylic oxidation sites excluding steroid dienone is 1. The van der Waals surface area contributed by atoms with Crippen LogP contribution in [0.15, 0.2) is 83.5 Å². The summed E-state index contributed by atoms with van der Waals surface area (Å²) in [5.41, 5.74) is -6.18. The largest absolute Gasteiger partial charge is 0.456 e. The number of hydrogen-bond acceptors (Lipinski definition) is 13. The first-order chi connectivity index (χ1) is 26.3. The lowest BCUT2D eigenvalue weighted by Gasteiger charge is -2.66. The fraction of sp³-hybridized carbons (Fsp3) is 0.524. The second kappa shape index (κ2) is 15.1. The molecule has 4 aliphatic rings. The van der Waals surface area contributed by atoms with E-state index in [-0.39, 0.29) is 36.3 Å². The number of carbonyl (C=O) groups excluding carboxylic acids is 4. The zero-order valence-corrected chi connectivity index (χ0v) is 32.3. The van der Waals surface area contributed by atoms with Crippen LogP contribution in [0.25, 0.3) is 0 Å². The average molecular weight is 778 g/mol. The number of ether oxygens (including phenoxy) is 4. The molecular formula is C42H51NO13. The number of carbonyl (C=O) groups is 4. The molecule has 6 rings (SSSR count). The standard InChI is InChI=1S/C42H51NO13/c1-22(2)17-26(43-38(50)53-20-24-13-9-7-10-14-24)31(45)37(49)55-27-19-42(52)35(56-36(48)25-15-11-8-12-16-25)33-40(6,28(44)18-29-41(33,51)21-54-29)34(47)32(46)30(23(27)3)39(42,4)5/h7-17,26-29,31-33,35,44-46,51-52H,18-21H2,1-6H3,(H,43,50)/t26-,27?,28-,29+,31+,32+,33-,35-,40+,41-,42+/m0/s1. The van der Waals surface area contributed by atoms with Gasteiger partial charge in [0.05, 0.1) is 35.8 Å². The van der Waals surface area contributed by atoms with Crippen molar-refractivity contribution in [3.8, 4) is 0 Å². The molecule has 3 fully saturated rings. The van der Waals surface area contributed by atoms with Crippen molar-refractivity contribution in [2.45, 2.75) is 115 Å². The number of nitrogens with one attached hydrogen (secondary N) is 1. The number of rotatable bonds is 9. The van der Waals surface area contributed by atoms with Gasteiger partial charge in [-0.05, 0) is 56.5 Å². The van der Waals surface area contributed by atoms with E-state index in [2.05, 4.69) is 5.32 Å². The molecule has 0 spiro atoms. The monoisotopic (exact) mass is 777 g/mol. The van der Waals surface area contributed by atoms with Crippen LogP contribution in [0.1, 0.15) is 70.3 Å². The molecule has 0 radical (unpaired) electrons. The molecule has 14 heteroatoms. The molecule has 2 aromatic carbocycles. The molecule has 2 aromatic rings. The van der Waals surface area contributed by atoms with Gasteiger partial charge >= 0.3 is 18.0 Å². The third kappa shape index (κ3) is 6.86. The van der Waals surface area contributed by atoms with Crippen LogP contribution in [-0.4, -0.2) is 110 Å². The molecule has 2 saturated carbocycles. The maximum Gasteiger partial charge on any atom is 0.408 e. The van der Waals surface area contributed by atoms with E-state index in [4.69, 9.17) is 18.9 Å². The fourth-order valence-corrected chi connectivity index (χ4v) is 9.20. The third-order valence-corrected chi connectivity index (χ3v) is 12.5. The van der Waals surface area contributed by atoms with Crippen LogP contribution >= 0.6 is 0 Å². The molecular weight excluding hydrogens is 726 g/mol. The average Bonchev–Trinajstić information content (AvgIpc) is 3.15. The number of hydrogen-bond donors (Lipinski definition) is 6. The Morgan fingerprint density at radius 1 is 0.982 bits per heavy atom. The molecule has 1 heterocycles. The molecule has 56 heavy (non-hydrogen) atoms. The summed E-state index contributed by atoms with van der Waals surface area (Å²) in [6, 6.07) is 15.5. The number of esters is 2. The highest BCUT2D eigenvalue weighted by Crippen LogP contribution is 2.63. The molecule has 1 aliphatic heterocycles. The Morgan fingerprint density at radius 3 is 2.20 bits per heavy atom. The fourth-order valence-electron chi connectivity index (χ4n) is 9.20. The SMILES string of the molecule is CC(C)=C[C@H](NC(=O)OCc1ccccc1)[C@@H](O)C(=O)OC1C[C@@]2(O)[C@@H](OC(=O)c3ccccc3)[C@@H]3[C@]4(O)CO[C@@H]4C[C@H](O)[C@@]3(C)C(=O)[C@H](O)C(=C1C)C2(C)C. The topological polar surface area (TPSA) is 218 Å². The highest BCUT2D eigenvalue weighted by Gasteiger charge is 2.76. The summed E-state index contributed by atoms with van der Waals surface area (Å²) in [6.07, 6.45) is -9.78. The van der Waals surface area contributed by atoms with E-state index < -0.39 is 101 Å². The highest BCUT2D eigenvalue weighted by atomic mass is 16.6. The molecule has 2 bridgehead atoms. The number of aliphatic hydroxyl groups is 5. The van der Waals surface area contributed by atoms with E-state index in [1.54, 1.807) is 70.2 Å². The van der Waals surface area contributed by atoms with Crippen molar-refractivity contribution in [1.82, 2.24) is 5.32 Å². The van der Waals surface area contributed by atoms with Crippen molar-refractivity contribution in [3.63, 3.8) is 0 Å². The second-order valence-electron chi connectivity index (χ2n) is 16.5.